The van der Waals surface area contributed by atoms with Crippen LogP contribution in [0.1, 0.15) is 25.5 Å². The lowest BCUT2D eigenvalue weighted by Gasteiger charge is -2.21. The van der Waals surface area contributed by atoms with Crippen LogP contribution in [0.5, 0.6) is 5.75 Å². The van der Waals surface area contributed by atoms with Gasteiger partial charge in [-0.1, -0.05) is 12.1 Å². The summed E-state index contributed by atoms with van der Waals surface area (Å²) in [7, 11) is 2.98. The van der Waals surface area contributed by atoms with Crippen LogP contribution in [0.4, 0.5) is 0 Å². The monoisotopic (exact) mass is 240 g/mol. The SMILES string of the molecule is COC(OC)C(O)c1cccc(OC(C)C)c1. The molecule has 0 bridgehead atoms. The first kappa shape index (κ1) is 14.0. The molecule has 4 nitrogen and oxygen atoms in total. The number of methoxy groups -OCH3 is 2. The molecular weight excluding hydrogens is 220 g/mol. The van der Waals surface area contributed by atoms with E-state index in [2.05, 4.69) is 0 Å². The third-order valence-corrected chi connectivity index (χ3v) is 2.29. The van der Waals surface area contributed by atoms with Crippen LogP contribution in [0.25, 0.3) is 0 Å². The highest BCUT2D eigenvalue weighted by Gasteiger charge is 2.20. The molecule has 1 aromatic carbocycles. The Morgan fingerprint density at radius 3 is 2.29 bits per heavy atom. The van der Waals surface area contributed by atoms with Gasteiger partial charge in [0, 0.05) is 14.2 Å². The van der Waals surface area contributed by atoms with Crippen LogP contribution in [0.2, 0.25) is 0 Å². The molecule has 0 saturated carbocycles. The minimum Gasteiger partial charge on any atom is -0.491 e. The van der Waals surface area contributed by atoms with Crippen LogP contribution in [0, 0.1) is 0 Å². The third kappa shape index (κ3) is 4.00. The Hall–Kier alpha value is -1.10. The summed E-state index contributed by atoms with van der Waals surface area (Å²) in [4.78, 5) is 0. The molecule has 1 N–H and O–H groups in total. The summed E-state index contributed by atoms with van der Waals surface area (Å²) in [6, 6.07) is 7.28. The van der Waals surface area contributed by atoms with Crippen molar-refractivity contribution in [3.05, 3.63) is 29.8 Å². The van der Waals surface area contributed by atoms with Gasteiger partial charge in [-0.15, -0.1) is 0 Å². The van der Waals surface area contributed by atoms with Crippen molar-refractivity contribution < 1.29 is 19.3 Å². The predicted octanol–water partition coefficient (Wildman–Crippen LogP) is 2.13. The molecule has 0 aliphatic carbocycles. The molecule has 4 heteroatoms. The van der Waals surface area contributed by atoms with E-state index in [9.17, 15) is 5.11 Å². The predicted molar refractivity (Wildman–Crippen MR) is 65.0 cm³/mol. The molecule has 0 amide bonds. The van der Waals surface area contributed by atoms with Crippen LogP contribution < -0.4 is 4.74 Å². The van der Waals surface area contributed by atoms with Crippen LogP contribution in [0.3, 0.4) is 0 Å². The number of ether oxygens (including phenoxy) is 3. The number of hydrogen-bond donors (Lipinski definition) is 1. The van der Waals surface area contributed by atoms with Crippen molar-refractivity contribution in [1.82, 2.24) is 0 Å². The van der Waals surface area contributed by atoms with Gasteiger partial charge in [-0.05, 0) is 31.5 Å². The van der Waals surface area contributed by atoms with Gasteiger partial charge in [-0.2, -0.15) is 0 Å². The maximum Gasteiger partial charge on any atom is 0.187 e. The normalized spacial score (nSPS) is 13.1. The Balaban J connectivity index is 2.83. The van der Waals surface area contributed by atoms with Gasteiger partial charge < -0.3 is 19.3 Å². The van der Waals surface area contributed by atoms with Crippen molar-refractivity contribution in [3.8, 4) is 5.75 Å². The molecule has 1 atom stereocenters. The quantitative estimate of drug-likeness (QED) is 0.774. The first-order valence-corrected chi connectivity index (χ1v) is 5.58. The molecule has 96 valence electrons. The van der Waals surface area contributed by atoms with Gasteiger partial charge in [0.15, 0.2) is 6.29 Å². The van der Waals surface area contributed by atoms with Gasteiger partial charge >= 0.3 is 0 Å². The standard InChI is InChI=1S/C13H20O4/c1-9(2)17-11-7-5-6-10(8-11)12(14)13(15-3)16-4/h5-9,12-14H,1-4H3. The van der Waals surface area contributed by atoms with Crippen LogP contribution in [-0.2, 0) is 9.47 Å². The van der Waals surface area contributed by atoms with Crippen molar-refractivity contribution in [1.29, 1.82) is 0 Å². The minimum atomic E-state index is -0.833. The second kappa shape index (κ2) is 6.59. The van der Waals surface area contributed by atoms with Crippen molar-refractivity contribution >= 4 is 0 Å². The van der Waals surface area contributed by atoms with E-state index in [0.717, 1.165) is 5.75 Å². The number of benzene rings is 1. The smallest absolute Gasteiger partial charge is 0.187 e. The fourth-order valence-electron chi connectivity index (χ4n) is 1.56. The minimum absolute atomic E-state index is 0.100. The van der Waals surface area contributed by atoms with E-state index in [1.165, 1.54) is 14.2 Å². The molecule has 1 rings (SSSR count). The van der Waals surface area contributed by atoms with Gasteiger partial charge in [0.25, 0.3) is 0 Å². The molecule has 0 aliphatic rings. The Bertz CT molecular complexity index is 334. The second-order valence-corrected chi connectivity index (χ2v) is 4.02. The van der Waals surface area contributed by atoms with Gasteiger partial charge in [0.1, 0.15) is 11.9 Å². The van der Waals surface area contributed by atoms with Crippen molar-refractivity contribution in [3.63, 3.8) is 0 Å². The lowest BCUT2D eigenvalue weighted by Crippen LogP contribution is -2.22. The largest absolute Gasteiger partial charge is 0.491 e. The number of hydrogen-bond acceptors (Lipinski definition) is 4. The summed E-state index contributed by atoms with van der Waals surface area (Å²) in [5.41, 5.74) is 0.705. The fraction of sp³-hybridized carbons (Fsp3) is 0.538. The van der Waals surface area contributed by atoms with E-state index < -0.39 is 12.4 Å². The molecule has 0 heterocycles. The molecule has 0 aromatic heterocycles. The zero-order chi connectivity index (χ0) is 12.8. The molecule has 0 fully saturated rings. The van der Waals surface area contributed by atoms with Gasteiger partial charge in [0.2, 0.25) is 0 Å². The Morgan fingerprint density at radius 2 is 1.76 bits per heavy atom. The maximum atomic E-state index is 10.0. The average molecular weight is 240 g/mol. The molecule has 17 heavy (non-hydrogen) atoms. The van der Waals surface area contributed by atoms with E-state index in [4.69, 9.17) is 14.2 Å². The molecule has 0 saturated heterocycles. The topological polar surface area (TPSA) is 47.9 Å². The number of rotatable bonds is 6. The summed E-state index contributed by atoms with van der Waals surface area (Å²) < 4.78 is 15.6. The first-order chi connectivity index (χ1) is 8.08. The van der Waals surface area contributed by atoms with E-state index in [-0.39, 0.29) is 6.10 Å². The highest BCUT2D eigenvalue weighted by Crippen LogP contribution is 2.23. The molecule has 0 radical (unpaired) electrons. The molecule has 1 aromatic rings. The van der Waals surface area contributed by atoms with Crippen LogP contribution >= 0.6 is 0 Å². The molecule has 0 spiro atoms. The Labute approximate surface area is 102 Å². The third-order valence-electron chi connectivity index (χ3n) is 2.29. The number of aliphatic hydroxyl groups excluding tert-OH is 1. The van der Waals surface area contributed by atoms with Gasteiger partial charge in [0.05, 0.1) is 6.10 Å². The fourth-order valence-corrected chi connectivity index (χ4v) is 1.56. The Kier molecular flexibility index (Phi) is 5.41. The lowest BCUT2D eigenvalue weighted by atomic mass is 10.1. The van der Waals surface area contributed by atoms with Crippen molar-refractivity contribution in [2.24, 2.45) is 0 Å². The zero-order valence-corrected chi connectivity index (χ0v) is 10.7. The first-order valence-electron chi connectivity index (χ1n) is 5.58. The summed E-state index contributed by atoms with van der Waals surface area (Å²) in [5, 5.41) is 10.0. The van der Waals surface area contributed by atoms with Gasteiger partial charge in [-0.25, -0.2) is 0 Å². The summed E-state index contributed by atoms with van der Waals surface area (Å²) in [6.45, 7) is 3.91. The second-order valence-electron chi connectivity index (χ2n) is 4.02. The van der Waals surface area contributed by atoms with E-state index in [0.29, 0.717) is 5.56 Å². The summed E-state index contributed by atoms with van der Waals surface area (Å²) in [5.74, 6) is 0.725. The van der Waals surface area contributed by atoms with Crippen molar-refractivity contribution in [2.75, 3.05) is 14.2 Å². The molecular formula is C13H20O4. The lowest BCUT2D eigenvalue weighted by molar-refractivity contribution is -0.166. The van der Waals surface area contributed by atoms with Crippen LogP contribution in [0.15, 0.2) is 24.3 Å². The summed E-state index contributed by atoms with van der Waals surface area (Å²) in [6.07, 6.45) is -1.41. The van der Waals surface area contributed by atoms with Gasteiger partial charge in [-0.3, -0.25) is 0 Å². The van der Waals surface area contributed by atoms with E-state index in [1.807, 2.05) is 32.0 Å². The molecule has 1 unspecified atom stereocenters. The Morgan fingerprint density at radius 1 is 1.12 bits per heavy atom. The number of aliphatic hydroxyl groups is 1. The van der Waals surface area contributed by atoms with Crippen molar-refractivity contribution in [2.45, 2.75) is 32.3 Å². The maximum absolute atomic E-state index is 10.0. The summed E-state index contributed by atoms with van der Waals surface area (Å²) >= 11 is 0. The highest BCUT2D eigenvalue weighted by molar-refractivity contribution is 5.30. The van der Waals surface area contributed by atoms with Crippen LogP contribution in [-0.4, -0.2) is 31.7 Å². The van der Waals surface area contributed by atoms with E-state index >= 15 is 0 Å². The average Bonchev–Trinajstić information content (AvgIpc) is 2.30. The van der Waals surface area contributed by atoms with E-state index in [1.54, 1.807) is 6.07 Å². The highest BCUT2D eigenvalue weighted by atomic mass is 16.7. The molecule has 0 aliphatic heterocycles. The zero-order valence-electron chi connectivity index (χ0n) is 10.7.